The maximum absolute atomic E-state index is 8.51. The van der Waals surface area contributed by atoms with Crippen LogP contribution in [-0.4, -0.2) is 11.7 Å². The quantitative estimate of drug-likeness (QED) is 0.483. The Labute approximate surface area is 90.2 Å². The van der Waals surface area contributed by atoms with E-state index in [1.54, 1.807) is 6.08 Å². The lowest BCUT2D eigenvalue weighted by Gasteiger charge is -2.03. The lowest BCUT2D eigenvalue weighted by molar-refractivity contribution is 0.282. The molecule has 0 bridgehead atoms. The second-order valence-corrected chi connectivity index (χ2v) is 4.08. The number of aliphatic hydroxyl groups is 1. The van der Waals surface area contributed by atoms with Gasteiger partial charge in [-0.3, -0.25) is 0 Å². The van der Waals surface area contributed by atoms with Crippen LogP contribution >= 0.6 is 0 Å². The summed E-state index contributed by atoms with van der Waals surface area (Å²) < 4.78 is 0. The molecule has 0 amide bonds. The van der Waals surface area contributed by atoms with E-state index >= 15 is 0 Å². The summed E-state index contributed by atoms with van der Waals surface area (Å²) in [6.07, 6.45) is 9.31. The van der Waals surface area contributed by atoms with Crippen molar-refractivity contribution < 1.29 is 5.11 Å². The van der Waals surface area contributed by atoms with E-state index in [4.69, 9.17) is 5.11 Å². The van der Waals surface area contributed by atoms with Gasteiger partial charge in [-0.25, -0.2) is 0 Å². The molecule has 1 N–H and O–H groups in total. The van der Waals surface area contributed by atoms with E-state index in [-0.39, 0.29) is 0 Å². The molecule has 0 spiro atoms. The van der Waals surface area contributed by atoms with Crippen molar-refractivity contribution in [3.8, 4) is 0 Å². The predicted molar refractivity (Wildman–Crippen MR) is 65.5 cm³/mol. The van der Waals surface area contributed by atoms with Gasteiger partial charge in [0.15, 0.2) is 0 Å². The molecule has 0 aromatic carbocycles. The molecular formula is C13H28O. The fourth-order valence-electron chi connectivity index (χ4n) is 1.19. The fraction of sp³-hybridized carbons (Fsp3) is 0.846. The first-order valence-electron chi connectivity index (χ1n) is 5.86. The molecule has 1 nitrogen and oxygen atoms in total. The molecule has 0 fully saturated rings. The first-order valence-corrected chi connectivity index (χ1v) is 5.86. The van der Waals surface area contributed by atoms with Gasteiger partial charge in [-0.15, -0.1) is 6.58 Å². The van der Waals surface area contributed by atoms with E-state index in [0.29, 0.717) is 6.61 Å². The summed E-state index contributed by atoms with van der Waals surface area (Å²) in [6.45, 7) is 10.2. The van der Waals surface area contributed by atoms with E-state index in [0.717, 1.165) is 12.3 Å². The molecule has 0 heterocycles. The maximum Gasteiger partial charge on any atom is 0.0431 e. The van der Waals surface area contributed by atoms with Crippen LogP contribution in [0.2, 0.25) is 0 Å². The van der Waals surface area contributed by atoms with Gasteiger partial charge in [0.1, 0.15) is 0 Å². The summed E-state index contributed by atoms with van der Waals surface area (Å²) in [5.41, 5.74) is 0. The zero-order valence-corrected chi connectivity index (χ0v) is 10.3. The fourth-order valence-corrected chi connectivity index (χ4v) is 1.19. The van der Waals surface area contributed by atoms with Gasteiger partial charge in [0, 0.05) is 6.61 Å². The Balaban J connectivity index is 0. The normalized spacial score (nSPS) is 9.50. The number of unbranched alkanes of at least 4 members (excludes halogenated alkanes) is 4. The Morgan fingerprint density at radius 3 is 1.93 bits per heavy atom. The number of hydrogen-bond acceptors (Lipinski definition) is 1. The summed E-state index contributed by atoms with van der Waals surface area (Å²) in [5.74, 6) is 0.854. The van der Waals surface area contributed by atoms with Gasteiger partial charge in [0.25, 0.3) is 0 Å². The van der Waals surface area contributed by atoms with Crippen LogP contribution in [-0.2, 0) is 0 Å². The summed E-state index contributed by atoms with van der Waals surface area (Å²) >= 11 is 0. The van der Waals surface area contributed by atoms with Gasteiger partial charge in [0.2, 0.25) is 0 Å². The van der Waals surface area contributed by atoms with Crippen molar-refractivity contribution in [3.05, 3.63) is 12.7 Å². The van der Waals surface area contributed by atoms with E-state index in [1.807, 2.05) is 6.92 Å². The topological polar surface area (TPSA) is 20.2 Å². The van der Waals surface area contributed by atoms with Crippen LogP contribution in [0, 0.1) is 5.92 Å². The van der Waals surface area contributed by atoms with Crippen molar-refractivity contribution in [2.24, 2.45) is 5.92 Å². The molecule has 0 unspecified atom stereocenters. The second-order valence-electron chi connectivity index (χ2n) is 4.08. The highest BCUT2D eigenvalue weighted by Gasteiger charge is 1.93. The average Bonchev–Trinajstić information content (AvgIpc) is 2.12. The van der Waals surface area contributed by atoms with E-state index in [2.05, 4.69) is 20.4 Å². The molecule has 0 aromatic heterocycles. The third-order valence-electron chi connectivity index (χ3n) is 1.94. The summed E-state index contributed by atoms with van der Waals surface area (Å²) in [6, 6.07) is 0. The first-order chi connectivity index (χ1) is 6.68. The van der Waals surface area contributed by atoms with Gasteiger partial charge < -0.3 is 5.11 Å². The Morgan fingerprint density at radius 2 is 1.50 bits per heavy atom. The molecule has 0 saturated carbocycles. The number of allylic oxidation sites excluding steroid dienone is 1. The summed E-state index contributed by atoms with van der Waals surface area (Å²) in [4.78, 5) is 0. The third-order valence-corrected chi connectivity index (χ3v) is 1.94. The van der Waals surface area contributed by atoms with Gasteiger partial charge in [0.05, 0.1) is 0 Å². The number of hydrogen-bond donors (Lipinski definition) is 1. The highest BCUT2D eigenvalue weighted by atomic mass is 16.2. The van der Waals surface area contributed by atoms with Crippen LogP contribution in [0.3, 0.4) is 0 Å². The largest absolute Gasteiger partial charge is 0.396 e. The molecule has 0 aliphatic carbocycles. The predicted octanol–water partition coefficient (Wildman–Crippen LogP) is 4.17. The molecule has 1 heteroatoms. The molecule has 0 aliphatic heterocycles. The standard InChI is InChI=1S/C10H22O.C3H6/c1-10(2)8-6-4-3-5-7-9-11;1-3-2/h10-11H,3-9H2,1-2H3;3H,1H2,2H3. The van der Waals surface area contributed by atoms with E-state index < -0.39 is 0 Å². The van der Waals surface area contributed by atoms with Crippen LogP contribution in [0.4, 0.5) is 0 Å². The summed E-state index contributed by atoms with van der Waals surface area (Å²) in [5, 5.41) is 8.51. The molecule has 0 atom stereocenters. The van der Waals surface area contributed by atoms with E-state index in [9.17, 15) is 0 Å². The molecule has 0 radical (unpaired) electrons. The third kappa shape index (κ3) is 22.6. The maximum atomic E-state index is 8.51. The first kappa shape index (κ1) is 16.1. The summed E-state index contributed by atoms with van der Waals surface area (Å²) in [7, 11) is 0. The second kappa shape index (κ2) is 15.2. The van der Waals surface area contributed by atoms with Gasteiger partial charge in [-0.05, 0) is 19.3 Å². The van der Waals surface area contributed by atoms with Crippen molar-refractivity contribution >= 4 is 0 Å². The zero-order valence-electron chi connectivity index (χ0n) is 10.3. The monoisotopic (exact) mass is 200 g/mol. The molecular weight excluding hydrogens is 172 g/mol. The van der Waals surface area contributed by atoms with Crippen molar-refractivity contribution in [1.29, 1.82) is 0 Å². The van der Waals surface area contributed by atoms with Crippen LogP contribution in [0.1, 0.15) is 59.3 Å². The minimum Gasteiger partial charge on any atom is -0.396 e. The van der Waals surface area contributed by atoms with Crippen LogP contribution < -0.4 is 0 Å². The number of rotatable bonds is 7. The Bertz CT molecular complexity index is 97.4. The lowest BCUT2D eigenvalue weighted by Crippen LogP contribution is -1.88. The van der Waals surface area contributed by atoms with Crippen molar-refractivity contribution in [3.63, 3.8) is 0 Å². The van der Waals surface area contributed by atoms with Gasteiger partial charge in [-0.1, -0.05) is 52.0 Å². The van der Waals surface area contributed by atoms with Crippen molar-refractivity contribution in [2.75, 3.05) is 6.61 Å². The minimum atomic E-state index is 0.365. The highest BCUT2D eigenvalue weighted by Crippen LogP contribution is 2.09. The molecule has 0 aromatic rings. The molecule has 14 heavy (non-hydrogen) atoms. The smallest absolute Gasteiger partial charge is 0.0431 e. The average molecular weight is 200 g/mol. The highest BCUT2D eigenvalue weighted by molar-refractivity contribution is 4.51. The van der Waals surface area contributed by atoms with E-state index in [1.165, 1.54) is 32.1 Å². The Kier molecular flexibility index (Phi) is 17.5. The van der Waals surface area contributed by atoms with Crippen LogP contribution in [0.25, 0.3) is 0 Å². The lowest BCUT2D eigenvalue weighted by atomic mass is 10.0. The van der Waals surface area contributed by atoms with Crippen LogP contribution in [0.5, 0.6) is 0 Å². The molecule has 0 saturated heterocycles. The van der Waals surface area contributed by atoms with Crippen molar-refractivity contribution in [1.82, 2.24) is 0 Å². The molecule has 0 rings (SSSR count). The minimum absolute atomic E-state index is 0.365. The number of aliphatic hydroxyl groups excluding tert-OH is 1. The Morgan fingerprint density at radius 1 is 1.07 bits per heavy atom. The van der Waals surface area contributed by atoms with Crippen molar-refractivity contribution in [2.45, 2.75) is 59.3 Å². The molecule has 86 valence electrons. The molecule has 0 aliphatic rings. The van der Waals surface area contributed by atoms with Gasteiger partial charge >= 0.3 is 0 Å². The zero-order chi connectivity index (χ0) is 11.2. The SMILES string of the molecule is C=CC.CC(C)CCCCCCCO. The van der Waals surface area contributed by atoms with Crippen LogP contribution in [0.15, 0.2) is 12.7 Å². The Hall–Kier alpha value is -0.300. The van der Waals surface area contributed by atoms with Gasteiger partial charge in [-0.2, -0.15) is 0 Å².